The molecule has 0 atom stereocenters. The lowest BCUT2D eigenvalue weighted by Gasteiger charge is -2.23. The normalized spacial score (nSPS) is 11.0. The molecule has 33 heavy (non-hydrogen) atoms. The first-order valence-corrected chi connectivity index (χ1v) is 12.1. The van der Waals surface area contributed by atoms with Crippen LogP contribution in [-0.2, 0) is 21.4 Å². The van der Waals surface area contributed by atoms with Crippen LogP contribution in [-0.4, -0.2) is 26.8 Å². The average Bonchev–Trinajstić information content (AvgIpc) is 2.78. The van der Waals surface area contributed by atoms with Gasteiger partial charge in [-0.3, -0.25) is 13.9 Å². The number of rotatable bonds is 8. The minimum absolute atomic E-state index is 0.0320. The van der Waals surface area contributed by atoms with Gasteiger partial charge < -0.3 is 10.6 Å². The van der Waals surface area contributed by atoms with E-state index in [1.54, 1.807) is 61.5 Å². The van der Waals surface area contributed by atoms with Crippen LogP contribution in [0.5, 0.6) is 0 Å². The van der Waals surface area contributed by atoms with Gasteiger partial charge in [0.2, 0.25) is 5.91 Å². The van der Waals surface area contributed by atoms with Crippen LogP contribution in [0.3, 0.4) is 0 Å². The number of hydrogen-bond acceptors (Lipinski definition) is 4. The number of nitrogens with zero attached hydrogens (tertiary/aromatic N) is 1. The molecule has 0 aliphatic rings. The molecule has 3 aromatic rings. The summed E-state index contributed by atoms with van der Waals surface area (Å²) in [5.74, 6) is -0.706. The summed E-state index contributed by atoms with van der Waals surface area (Å²) in [6, 6.07) is 19.9. The van der Waals surface area contributed by atoms with E-state index in [2.05, 4.69) is 10.6 Å². The van der Waals surface area contributed by atoms with Gasteiger partial charge >= 0.3 is 0 Å². The molecule has 3 aromatic carbocycles. The smallest absolute Gasteiger partial charge is 0.264 e. The van der Waals surface area contributed by atoms with Gasteiger partial charge in [0.1, 0.15) is 0 Å². The van der Waals surface area contributed by atoms with Crippen molar-refractivity contribution in [3.63, 3.8) is 0 Å². The van der Waals surface area contributed by atoms with Gasteiger partial charge in [-0.2, -0.15) is 0 Å². The van der Waals surface area contributed by atoms with Crippen LogP contribution in [0.2, 0.25) is 5.02 Å². The zero-order valence-corrected chi connectivity index (χ0v) is 19.8. The van der Waals surface area contributed by atoms with E-state index in [1.165, 1.54) is 29.4 Å². The quantitative estimate of drug-likeness (QED) is 0.493. The van der Waals surface area contributed by atoms with Crippen molar-refractivity contribution in [1.82, 2.24) is 5.32 Å². The van der Waals surface area contributed by atoms with E-state index in [-0.39, 0.29) is 34.5 Å². The molecule has 0 bridgehead atoms. The van der Waals surface area contributed by atoms with E-state index >= 15 is 0 Å². The molecular weight excluding hydrogens is 462 g/mol. The first-order chi connectivity index (χ1) is 15.7. The van der Waals surface area contributed by atoms with E-state index in [9.17, 15) is 18.0 Å². The van der Waals surface area contributed by atoms with E-state index < -0.39 is 15.9 Å². The summed E-state index contributed by atoms with van der Waals surface area (Å²) >= 11 is 6.22. The van der Waals surface area contributed by atoms with Gasteiger partial charge in [-0.15, -0.1) is 0 Å². The maximum atomic E-state index is 13.3. The predicted octanol–water partition coefficient (Wildman–Crippen LogP) is 4.44. The zero-order valence-electron chi connectivity index (χ0n) is 18.2. The second kappa shape index (κ2) is 10.5. The number of hydrogen-bond donors (Lipinski definition) is 2. The van der Waals surface area contributed by atoms with Crippen molar-refractivity contribution < 1.29 is 18.0 Å². The van der Waals surface area contributed by atoms with Crippen LogP contribution in [0.4, 0.5) is 11.4 Å². The van der Waals surface area contributed by atoms with Crippen LogP contribution in [0.1, 0.15) is 29.8 Å². The number of halogens is 1. The maximum Gasteiger partial charge on any atom is 0.264 e. The number of carbonyl (C=O) groups is 2. The van der Waals surface area contributed by atoms with Gasteiger partial charge in [0.05, 0.1) is 21.2 Å². The third-order valence-electron chi connectivity index (χ3n) is 4.80. The summed E-state index contributed by atoms with van der Waals surface area (Å²) in [5, 5.41) is 5.57. The Bertz CT molecular complexity index is 1260. The lowest BCUT2D eigenvalue weighted by Crippen LogP contribution is -2.31. The number of nitrogens with one attached hydrogen (secondary N) is 2. The molecule has 0 saturated carbocycles. The molecular formula is C24H24ClN3O4S. The van der Waals surface area contributed by atoms with Crippen LogP contribution in [0.15, 0.2) is 77.7 Å². The highest BCUT2D eigenvalue weighted by Gasteiger charge is 2.25. The van der Waals surface area contributed by atoms with Gasteiger partial charge in [0.25, 0.3) is 15.9 Å². The third kappa shape index (κ3) is 5.91. The molecule has 0 aliphatic heterocycles. The number of benzene rings is 3. The molecule has 7 nitrogen and oxygen atoms in total. The molecule has 0 radical (unpaired) electrons. The number of amides is 2. The van der Waals surface area contributed by atoms with Crippen molar-refractivity contribution >= 4 is 44.8 Å². The number of carbonyl (C=O) groups excluding carboxylic acids is 2. The van der Waals surface area contributed by atoms with E-state index in [4.69, 9.17) is 11.6 Å². The molecule has 3 rings (SSSR count). The van der Waals surface area contributed by atoms with Crippen LogP contribution >= 0.6 is 11.6 Å². The lowest BCUT2D eigenvalue weighted by molar-refractivity contribution is -0.114. The molecule has 0 aliphatic carbocycles. The van der Waals surface area contributed by atoms with Crippen molar-refractivity contribution in [3.8, 4) is 0 Å². The Hall–Kier alpha value is -3.36. The Morgan fingerprint density at radius 2 is 1.70 bits per heavy atom. The Balaban J connectivity index is 1.82. The molecule has 0 spiro atoms. The SMILES string of the molecule is CCN(c1ccccc1)S(=O)(=O)c1ccc(Cl)c(C(=O)NCc2cccc(NC(C)=O)c2)c1. The Morgan fingerprint density at radius 3 is 2.36 bits per heavy atom. The molecule has 172 valence electrons. The highest BCUT2D eigenvalue weighted by Crippen LogP contribution is 2.26. The Kier molecular flexibility index (Phi) is 7.73. The fourth-order valence-electron chi connectivity index (χ4n) is 3.29. The summed E-state index contributed by atoms with van der Waals surface area (Å²) in [6.45, 7) is 3.55. The van der Waals surface area contributed by atoms with Gasteiger partial charge in [-0.1, -0.05) is 41.9 Å². The molecule has 0 fully saturated rings. The Labute approximate surface area is 198 Å². The number of anilines is 2. The Morgan fingerprint density at radius 1 is 0.970 bits per heavy atom. The van der Waals surface area contributed by atoms with E-state index in [0.717, 1.165) is 5.56 Å². The first-order valence-electron chi connectivity index (χ1n) is 10.2. The van der Waals surface area contributed by atoms with Gasteiger partial charge in [-0.25, -0.2) is 8.42 Å². The minimum Gasteiger partial charge on any atom is -0.348 e. The summed E-state index contributed by atoms with van der Waals surface area (Å²) in [6.07, 6.45) is 0. The zero-order chi connectivity index (χ0) is 24.0. The summed E-state index contributed by atoms with van der Waals surface area (Å²) in [5.41, 5.74) is 1.96. The highest BCUT2D eigenvalue weighted by molar-refractivity contribution is 7.92. The molecule has 0 heterocycles. The fourth-order valence-corrected chi connectivity index (χ4v) is 5.00. The van der Waals surface area contributed by atoms with Crippen molar-refractivity contribution in [3.05, 3.63) is 88.9 Å². The lowest BCUT2D eigenvalue weighted by atomic mass is 10.1. The average molecular weight is 486 g/mol. The minimum atomic E-state index is -3.91. The standard InChI is InChI=1S/C24H24ClN3O4S/c1-3-28(20-10-5-4-6-11-20)33(31,32)21-12-13-23(25)22(15-21)24(30)26-16-18-8-7-9-19(14-18)27-17(2)29/h4-15H,3,16H2,1-2H3,(H,26,30)(H,27,29). The molecule has 2 N–H and O–H groups in total. The second-order valence-corrected chi connectivity index (χ2v) is 9.48. The maximum absolute atomic E-state index is 13.3. The monoisotopic (exact) mass is 485 g/mol. The topological polar surface area (TPSA) is 95.6 Å². The van der Waals surface area contributed by atoms with Crippen LogP contribution in [0, 0.1) is 0 Å². The van der Waals surface area contributed by atoms with Crippen LogP contribution < -0.4 is 14.9 Å². The van der Waals surface area contributed by atoms with Crippen molar-refractivity contribution in [2.75, 3.05) is 16.2 Å². The second-order valence-electron chi connectivity index (χ2n) is 7.21. The third-order valence-corrected chi connectivity index (χ3v) is 7.03. The summed E-state index contributed by atoms with van der Waals surface area (Å²) in [7, 11) is -3.91. The summed E-state index contributed by atoms with van der Waals surface area (Å²) < 4.78 is 27.8. The van der Waals surface area contributed by atoms with E-state index in [0.29, 0.717) is 11.4 Å². The number of para-hydroxylation sites is 1. The molecule has 2 amide bonds. The highest BCUT2D eigenvalue weighted by atomic mass is 35.5. The number of sulfonamides is 1. The fraction of sp³-hybridized carbons (Fsp3) is 0.167. The van der Waals surface area contributed by atoms with Crippen molar-refractivity contribution in [1.29, 1.82) is 0 Å². The van der Waals surface area contributed by atoms with Crippen molar-refractivity contribution in [2.45, 2.75) is 25.3 Å². The molecule has 0 saturated heterocycles. The first kappa shape index (κ1) is 24.3. The predicted molar refractivity (Wildman–Crippen MR) is 130 cm³/mol. The van der Waals surface area contributed by atoms with Crippen molar-refractivity contribution in [2.24, 2.45) is 0 Å². The van der Waals surface area contributed by atoms with Gasteiger partial charge in [0.15, 0.2) is 0 Å². The largest absolute Gasteiger partial charge is 0.348 e. The summed E-state index contributed by atoms with van der Waals surface area (Å²) in [4.78, 5) is 24.0. The van der Waals surface area contributed by atoms with Crippen LogP contribution in [0.25, 0.3) is 0 Å². The molecule has 0 unspecified atom stereocenters. The van der Waals surface area contributed by atoms with Gasteiger partial charge in [0, 0.05) is 25.7 Å². The molecule has 0 aromatic heterocycles. The molecule has 9 heteroatoms. The van der Waals surface area contributed by atoms with Gasteiger partial charge in [-0.05, 0) is 55.0 Å². The van der Waals surface area contributed by atoms with E-state index in [1.807, 2.05) is 0 Å².